The van der Waals surface area contributed by atoms with Gasteiger partial charge in [0.25, 0.3) is 0 Å². The number of aliphatic hydroxyl groups excluding tert-OH is 1. The number of nitrogens with zero attached hydrogens (tertiary/aromatic N) is 1. The summed E-state index contributed by atoms with van der Waals surface area (Å²) in [6.45, 7) is 3.13. The van der Waals surface area contributed by atoms with Gasteiger partial charge >= 0.3 is 0 Å². The number of anilines is 2. The van der Waals surface area contributed by atoms with Gasteiger partial charge < -0.3 is 25.2 Å². The zero-order valence-electron chi connectivity index (χ0n) is 10.1. The minimum atomic E-state index is -0.517. The normalized spacial score (nSPS) is 22.9. The molecule has 4 N–H and O–H groups in total. The van der Waals surface area contributed by atoms with Gasteiger partial charge in [0.05, 0.1) is 17.9 Å². The Morgan fingerprint density at radius 1 is 1.28 bits per heavy atom. The Labute approximate surface area is 105 Å². The highest BCUT2D eigenvalue weighted by Gasteiger charge is 2.25. The predicted octanol–water partition coefficient (Wildman–Crippen LogP) is -0.232. The van der Waals surface area contributed by atoms with Gasteiger partial charge in [-0.2, -0.15) is 0 Å². The van der Waals surface area contributed by atoms with Crippen LogP contribution in [-0.4, -0.2) is 44.2 Å². The minimum Gasteiger partial charge on any atom is -0.484 e. The van der Waals surface area contributed by atoms with E-state index in [1.807, 2.05) is 12.1 Å². The fourth-order valence-electron chi connectivity index (χ4n) is 2.34. The maximum Gasteiger partial charge on any atom is 0.186 e. The summed E-state index contributed by atoms with van der Waals surface area (Å²) in [5.41, 5.74) is 7.40. The van der Waals surface area contributed by atoms with Crippen LogP contribution < -0.4 is 25.4 Å². The van der Waals surface area contributed by atoms with Crippen LogP contribution in [0.4, 0.5) is 11.4 Å². The molecule has 3 rings (SSSR count). The van der Waals surface area contributed by atoms with Gasteiger partial charge in [0.2, 0.25) is 0 Å². The van der Waals surface area contributed by atoms with E-state index in [1.165, 1.54) is 0 Å². The molecule has 2 heterocycles. The summed E-state index contributed by atoms with van der Waals surface area (Å²) >= 11 is 0. The number of fused-ring (bicyclic) bond motifs is 1. The van der Waals surface area contributed by atoms with E-state index in [9.17, 15) is 5.11 Å². The second-order valence-corrected chi connectivity index (χ2v) is 4.45. The van der Waals surface area contributed by atoms with Crippen molar-refractivity contribution in [3.05, 3.63) is 12.1 Å². The average Bonchev–Trinajstić information content (AvgIpc) is 2.39. The molecular weight excluding hydrogens is 234 g/mol. The smallest absolute Gasteiger partial charge is 0.186 e. The van der Waals surface area contributed by atoms with Gasteiger partial charge in [0, 0.05) is 13.1 Å². The molecule has 18 heavy (non-hydrogen) atoms. The van der Waals surface area contributed by atoms with E-state index in [1.54, 1.807) is 0 Å². The maximum absolute atomic E-state index is 9.65. The molecule has 0 radical (unpaired) electrons. The minimum absolute atomic E-state index is 0.517. The fourth-order valence-corrected chi connectivity index (χ4v) is 2.34. The van der Waals surface area contributed by atoms with Crippen molar-refractivity contribution in [2.75, 3.05) is 43.5 Å². The van der Waals surface area contributed by atoms with Crippen molar-refractivity contribution in [3.8, 4) is 11.5 Å². The first-order valence-corrected chi connectivity index (χ1v) is 6.10. The lowest BCUT2D eigenvalue weighted by molar-refractivity contribution is 0.130. The van der Waals surface area contributed by atoms with Crippen molar-refractivity contribution in [2.45, 2.75) is 6.23 Å². The Morgan fingerprint density at radius 3 is 2.83 bits per heavy atom. The van der Waals surface area contributed by atoms with Crippen molar-refractivity contribution in [1.29, 1.82) is 0 Å². The second kappa shape index (κ2) is 4.55. The van der Waals surface area contributed by atoms with Gasteiger partial charge in [-0.1, -0.05) is 0 Å². The van der Waals surface area contributed by atoms with Crippen molar-refractivity contribution >= 4 is 11.4 Å². The lowest BCUT2D eigenvalue weighted by Gasteiger charge is -2.35. The summed E-state index contributed by atoms with van der Waals surface area (Å²) in [5.74, 6) is 1.31. The third-order valence-electron chi connectivity index (χ3n) is 3.19. The molecule has 1 aromatic rings. The number of nitrogens with one attached hydrogen (secondary N) is 1. The number of nitrogen functional groups attached to an aromatic ring is 1. The number of β-amino-alcohol motifs (C(OH)–C–C–N with tert-alkyl or cyclic N) is 1. The number of rotatable bonds is 1. The van der Waals surface area contributed by atoms with E-state index in [0.717, 1.165) is 18.8 Å². The summed E-state index contributed by atoms with van der Waals surface area (Å²) in [7, 11) is 0. The summed E-state index contributed by atoms with van der Waals surface area (Å²) in [4.78, 5) is 2.08. The Hall–Kier alpha value is -1.66. The quantitative estimate of drug-likeness (QED) is 0.598. The van der Waals surface area contributed by atoms with Crippen molar-refractivity contribution in [2.24, 2.45) is 0 Å². The zero-order valence-corrected chi connectivity index (χ0v) is 10.1. The maximum atomic E-state index is 9.65. The molecule has 6 nitrogen and oxygen atoms in total. The highest BCUT2D eigenvalue weighted by Crippen LogP contribution is 2.43. The number of hydrogen-bond donors (Lipinski definition) is 3. The van der Waals surface area contributed by atoms with Crippen LogP contribution in [0, 0.1) is 0 Å². The standard InChI is InChI=1S/C12H17N3O3/c13-8-1-2-9(12-11(8)17-5-6-18-12)15-4-3-14-10(16)7-15/h1-2,10,14,16H,3-7,13H2. The van der Waals surface area contributed by atoms with Gasteiger partial charge in [-0.3, -0.25) is 5.32 Å². The van der Waals surface area contributed by atoms with Crippen LogP contribution >= 0.6 is 0 Å². The number of piperazine rings is 1. The molecule has 0 aromatic heterocycles. The summed E-state index contributed by atoms with van der Waals surface area (Å²) < 4.78 is 11.2. The van der Waals surface area contributed by atoms with Gasteiger partial charge in [0.15, 0.2) is 11.5 Å². The van der Waals surface area contributed by atoms with E-state index in [2.05, 4.69) is 10.2 Å². The third-order valence-corrected chi connectivity index (χ3v) is 3.19. The molecule has 1 unspecified atom stereocenters. The van der Waals surface area contributed by atoms with Gasteiger partial charge in [0.1, 0.15) is 19.4 Å². The molecule has 1 fully saturated rings. The Kier molecular flexibility index (Phi) is 2.89. The molecule has 98 valence electrons. The average molecular weight is 251 g/mol. The van der Waals surface area contributed by atoms with Crippen molar-refractivity contribution in [3.63, 3.8) is 0 Å². The van der Waals surface area contributed by atoms with Crippen LogP contribution in [0.2, 0.25) is 0 Å². The van der Waals surface area contributed by atoms with Gasteiger partial charge in [-0.25, -0.2) is 0 Å². The molecule has 0 saturated carbocycles. The Bertz CT molecular complexity index is 452. The third kappa shape index (κ3) is 1.93. The molecule has 1 saturated heterocycles. The van der Waals surface area contributed by atoms with Crippen LogP contribution in [0.25, 0.3) is 0 Å². The Morgan fingerprint density at radius 2 is 2.06 bits per heavy atom. The highest BCUT2D eigenvalue weighted by molar-refractivity contribution is 5.74. The van der Waals surface area contributed by atoms with Gasteiger partial charge in [-0.05, 0) is 12.1 Å². The summed E-state index contributed by atoms with van der Waals surface area (Å²) in [6, 6.07) is 3.73. The van der Waals surface area contributed by atoms with Crippen LogP contribution in [0.1, 0.15) is 0 Å². The second-order valence-electron chi connectivity index (χ2n) is 4.45. The first-order chi connectivity index (χ1) is 8.75. The number of hydrogen-bond acceptors (Lipinski definition) is 6. The van der Waals surface area contributed by atoms with Crippen molar-refractivity contribution < 1.29 is 14.6 Å². The number of nitrogens with two attached hydrogens (primary N) is 1. The molecule has 0 amide bonds. The summed E-state index contributed by atoms with van der Waals surface area (Å²) in [6.07, 6.45) is -0.517. The van der Waals surface area contributed by atoms with Gasteiger partial charge in [-0.15, -0.1) is 0 Å². The fraction of sp³-hybridized carbons (Fsp3) is 0.500. The monoisotopic (exact) mass is 251 g/mol. The van der Waals surface area contributed by atoms with Crippen LogP contribution in [0.15, 0.2) is 12.1 Å². The lowest BCUT2D eigenvalue weighted by atomic mass is 10.2. The molecule has 0 bridgehead atoms. The van der Waals surface area contributed by atoms with Crippen LogP contribution in [-0.2, 0) is 0 Å². The van der Waals surface area contributed by atoms with Crippen LogP contribution in [0.5, 0.6) is 11.5 Å². The number of aliphatic hydroxyl groups is 1. The van der Waals surface area contributed by atoms with E-state index in [0.29, 0.717) is 36.9 Å². The van der Waals surface area contributed by atoms with Crippen LogP contribution in [0.3, 0.4) is 0 Å². The molecule has 2 aliphatic heterocycles. The molecule has 1 atom stereocenters. The first kappa shape index (κ1) is 11.4. The molecule has 0 aliphatic carbocycles. The first-order valence-electron chi connectivity index (χ1n) is 6.10. The van der Waals surface area contributed by atoms with E-state index in [-0.39, 0.29) is 0 Å². The Balaban J connectivity index is 1.96. The lowest BCUT2D eigenvalue weighted by Crippen LogP contribution is -2.50. The highest BCUT2D eigenvalue weighted by atomic mass is 16.6. The number of benzene rings is 1. The SMILES string of the molecule is Nc1ccc(N2CCNC(O)C2)c2c1OCCO2. The van der Waals surface area contributed by atoms with E-state index in [4.69, 9.17) is 15.2 Å². The predicted molar refractivity (Wildman–Crippen MR) is 68.1 cm³/mol. The molecule has 2 aliphatic rings. The molecule has 6 heteroatoms. The van der Waals surface area contributed by atoms with Crippen molar-refractivity contribution in [1.82, 2.24) is 5.32 Å². The zero-order chi connectivity index (χ0) is 12.5. The molecular formula is C12H17N3O3. The summed E-state index contributed by atoms with van der Waals surface area (Å²) in [5, 5.41) is 12.6. The molecule has 0 spiro atoms. The van der Waals surface area contributed by atoms with E-state index >= 15 is 0 Å². The largest absolute Gasteiger partial charge is 0.484 e. The number of ether oxygens (including phenoxy) is 2. The van der Waals surface area contributed by atoms with E-state index < -0.39 is 6.23 Å². The topological polar surface area (TPSA) is 80.0 Å². The molecule has 1 aromatic carbocycles.